The average Bonchev–Trinajstić information content (AvgIpc) is 2.27. The normalized spacial score (nSPS) is 21.4. The molecule has 0 spiro atoms. The molecule has 84 valence electrons. The highest BCUT2D eigenvalue weighted by atomic mass is 32.2. The Morgan fingerprint density at radius 2 is 2.00 bits per heavy atom. The second-order valence-corrected chi connectivity index (χ2v) is 5.14. The van der Waals surface area contributed by atoms with Crippen molar-refractivity contribution in [1.82, 2.24) is 0 Å². The summed E-state index contributed by atoms with van der Waals surface area (Å²) < 4.78 is 0. The van der Waals surface area contributed by atoms with Crippen LogP contribution in [0, 0.1) is 6.92 Å². The van der Waals surface area contributed by atoms with Crippen molar-refractivity contribution in [3.05, 3.63) is 29.8 Å². The Hall–Kier alpha value is -1.29. The molecule has 0 aromatic heterocycles. The SMILES string of the molecule is Cc1ccccc1N1C(=O)CS[C@H](C)C1=O. The molecule has 0 unspecified atom stereocenters. The lowest BCUT2D eigenvalue weighted by atomic mass is 10.1. The van der Waals surface area contributed by atoms with E-state index in [9.17, 15) is 9.59 Å². The van der Waals surface area contributed by atoms with Crippen LogP contribution in [0.4, 0.5) is 5.69 Å². The number of aryl methyl sites for hydroxylation is 1. The molecule has 1 aromatic rings. The standard InChI is InChI=1S/C12H13NO2S/c1-8-5-3-4-6-10(8)13-11(14)7-16-9(2)12(13)15/h3-6,9H,7H2,1-2H3/t9-/m1/s1. The maximum Gasteiger partial charge on any atom is 0.246 e. The molecule has 2 amide bonds. The van der Waals surface area contributed by atoms with E-state index in [0.29, 0.717) is 11.4 Å². The Morgan fingerprint density at radius 1 is 1.31 bits per heavy atom. The summed E-state index contributed by atoms with van der Waals surface area (Å²) >= 11 is 1.40. The van der Waals surface area contributed by atoms with E-state index in [-0.39, 0.29) is 17.1 Å². The Morgan fingerprint density at radius 3 is 2.69 bits per heavy atom. The van der Waals surface area contributed by atoms with Gasteiger partial charge in [-0.05, 0) is 25.5 Å². The molecule has 1 fully saturated rings. The van der Waals surface area contributed by atoms with Gasteiger partial charge in [-0.3, -0.25) is 9.59 Å². The molecule has 3 nitrogen and oxygen atoms in total. The second kappa shape index (κ2) is 4.29. The Labute approximate surface area is 98.8 Å². The van der Waals surface area contributed by atoms with Gasteiger partial charge in [0, 0.05) is 0 Å². The molecular formula is C12H13NO2S. The Bertz CT molecular complexity index is 444. The van der Waals surface area contributed by atoms with Gasteiger partial charge in [0.1, 0.15) is 0 Å². The number of amides is 2. The van der Waals surface area contributed by atoms with Crippen molar-refractivity contribution in [3.63, 3.8) is 0 Å². The third-order valence-electron chi connectivity index (χ3n) is 2.63. The molecular weight excluding hydrogens is 222 g/mol. The fraction of sp³-hybridized carbons (Fsp3) is 0.333. The fourth-order valence-electron chi connectivity index (χ4n) is 1.70. The van der Waals surface area contributed by atoms with Crippen molar-refractivity contribution in [2.45, 2.75) is 19.1 Å². The van der Waals surface area contributed by atoms with Gasteiger partial charge in [-0.2, -0.15) is 0 Å². The third kappa shape index (κ3) is 1.85. The van der Waals surface area contributed by atoms with Crippen LogP contribution < -0.4 is 4.90 Å². The number of imide groups is 1. The summed E-state index contributed by atoms with van der Waals surface area (Å²) in [5.41, 5.74) is 1.66. The van der Waals surface area contributed by atoms with Gasteiger partial charge in [0.2, 0.25) is 11.8 Å². The minimum atomic E-state index is -0.141. The number of anilines is 1. The number of hydrogen-bond acceptors (Lipinski definition) is 3. The van der Waals surface area contributed by atoms with Crippen molar-refractivity contribution >= 4 is 29.3 Å². The van der Waals surface area contributed by atoms with Crippen molar-refractivity contribution < 1.29 is 9.59 Å². The van der Waals surface area contributed by atoms with Gasteiger partial charge in [0.15, 0.2) is 0 Å². The quantitative estimate of drug-likeness (QED) is 0.699. The van der Waals surface area contributed by atoms with Gasteiger partial charge in [0.25, 0.3) is 0 Å². The molecule has 1 aromatic carbocycles. The molecule has 0 N–H and O–H groups in total. The summed E-state index contributed by atoms with van der Waals surface area (Å²) in [6, 6.07) is 7.46. The molecule has 1 aliphatic heterocycles. The number of para-hydroxylation sites is 1. The fourth-order valence-corrected chi connectivity index (χ4v) is 2.47. The first-order valence-electron chi connectivity index (χ1n) is 5.15. The van der Waals surface area contributed by atoms with Crippen LogP contribution in [0.25, 0.3) is 0 Å². The van der Waals surface area contributed by atoms with Gasteiger partial charge in [-0.15, -0.1) is 11.8 Å². The molecule has 1 heterocycles. The molecule has 0 radical (unpaired) electrons. The van der Waals surface area contributed by atoms with Crippen LogP contribution in [0.3, 0.4) is 0 Å². The van der Waals surface area contributed by atoms with Crippen LogP contribution in [0.15, 0.2) is 24.3 Å². The maximum atomic E-state index is 12.0. The van der Waals surface area contributed by atoms with Gasteiger partial charge in [-0.1, -0.05) is 18.2 Å². The molecule has 0 aliphatic carbocycles. The van der Waals surface area contributed by atoms with Crippen LogP contribution >= 0.6 is 11.8 Å². The number of benzene rings is 1. The maximum absolute atomic E-state index is 12.0. The molecule has 0 saturated carbocycles. The molecule has 16 heavy (non-hydrogen) atoms. The lowest BCUT2D eigenvalue weighted by molar-refractivity contribution is -0.125. The summed E-state index contributed by atoms with van der Waals surface area (Å²) in [6.07, 6.45) is 0. The van der Waals surface area contributed by atoms with E-state index >= 15 is 0 Å². The molecule has 2 rings (SSSR count). The van der Waals surface area contributed by atoms with Gasteiger partial charge in [0.05, 0.1) is 16.7 Å². The molecule has 1 saturated heterocycles. The number of hydrogen-bond donors (Lipinski definition) is 0. The van der Waals surface area contributed by atoms with Crippen LogP contribution in [0.5, 0.6) is 0 Å². The van der Waals surface area contributed by atoms with Crippen molar-refractivity contribution in [2.24, 2.45) is 0 Å². The lowest BCUT2D eigenvalue weighted by Crippen LogP contribution is -2.47. The highest BCUT2D eigenvalue weighted by Gasteiger charge is 2.33. The van der Waals surface area contributed by atoms with E-state index in [1.54, 1.807) is 0 Å². The highest BCUT2D eigenvalue weighted by Crippen LogP contribution is 2.27. The largest absolute Gasteiger partial charge is 0.273 e. The van der Waals surface area contributed by atoms with Gasteiger partial charge >= 0.3 is 0 Å². The summed E-state index contributed by atoms with van der Waals surface area (Å²) in [4.78, 5) is 25.1. The highest BCUT2D eigenvalue weighted by molar-refractivity contribution is 8.01. The predicted molar refractivity (Wildman–Crippen MR) is 65.6 cm³/mol. The van der Waals surface area contributed by atoms with Crippen LogP contribution in [0.2, 0.25) is 0 Å². The molecule has 0 bridgehead atoms. The first kappa shape index (κ1) is 11.2. The number of rotatable bonds is 1. The van der Waals surface area contributed by atoms with E-state index in [4.69, 9.17) is 0 Å². The van der Waals surface area contributed by atoms with Gasteiger partial charge in [-0.25, -0.2) is 4.90 Å². The topological polar surface area (TPSA) is 37.4 Å². The van der Waals surface area contributed by atoms with E-state index in [1.165, 1.54) is 16.7 Å². The smallest absolute Gasteiger partial charge is 0.246 e. The Kier molecular flexibility index (Phi) is 3.01. The van der Waals surface area contributed by atoms with Gasteiger partial charge < -0.3 is 0 Å². The van der Waals surface area contributed by atoms with E-state index in [1.807, 2.05) is 38.1 Å². The summed E-state index contributed by atoms with van der Waals surface area (Å²) in [5, 5.41) is -0.141. The van der Waals surface area contributed by atoms with E-state index in [2.05, 4.69) is 0 Å². The summed E-state index contributed by atoms with van der Waals surface area (Å²) in [7, 11) is 0. The predicted octanol–water partition coefficient (Wildman–Crippen LogP) is 1.99. The zero-order valence-electron chi connectivity index (χ0n) is 9.27. The van der Waals surface area contributed by atoms with E-state index < -0.39 is 0 Å². The number of thioether (sulfide) groups is 1. The molecule has 1 aliphatic rings. The Balaban J connectivity index is 2.42. The summed E-state index contributed by atoms with van der Waals surface area (Å²) in [6.45, 7) is 3.74. The first-order chi connectivity index (χ1) is 7.61. The van der Waals surface area contributed by atoms with Crippen LogP contribution in [-0.2, 0) is 9.59 Å². The van der Waals surface area contributed by atoms with Crippen LogP contribution in [0.1, 0.15) is 12.5 Å². The summed E-state index contributed by atoms with van der Waals surface area (Å²) in [5.74, 6) is 0.138. The number of carbonyl (C=O) groups is 2. The molecule has 4 heteroatoms. The van der Waals surface area contributed by atoms with Crippen LogP contribution in [-0.4, -0.2) is 22.8 Å². The zero-order chi connectivity index (χ0) is 11.7. The number of carbonyl (C=O) groups excluding carboxylic acids is 2. The van der Waals surface area contributed by atoms with Crippen molar-refractivity contribution in [2.75, 3.05) is 10.7 Å². The first-order valence-corrected chi connectivity index (χ1v) is 6.20. The van der Waals surface area contributed by atoms with Crippen molar-refractivity contribution in [1.29, 1.82) is 0 Å². The average molecular weight is 235 g/mol. The zero-order valence-corrected chi connectivity index (χ0v) is 10.1. The monoisotopic (exact) mass is 235 g/mol. The minimum absolute atomic E-state index is 0.115. The lowest BCUT2D eigenvalue weighted by Gasteiger charge is -2.29. The minimum Gasteiger partial charge on any atom is -0.273 e. The second-order valence-electron chi connectivity index (χ2n) is 3.81. The number of nitrogens with zero attached hydrogens (tertiary/aromatic N) is 1. The third-order valence-corrected chi connectivity index (χ3v) is 3.75. The van der Waals surface area contributed by atoms with E-state index in [0.717, 1.165) is 5.56 Å². The van der Waals surface area contributed by atoms with Crippen molar-refractivity contribution in [3.8, 4) is 0 Å². The molecule has 1 atom stereocenters.